The number of hydrogen-bond acceptors (Lipinski definition) is 2. The van der Waals surface area contributed by atoms with Gasteiger partial charge in [-0.15, -0.1) is 0 Å². The highest BCUT2D eigenvalue weighted by molar-refractivity contribution is 5.13. The van der Waals surface area contributed by atoms with Gasteiger partial charge in [-0.05, 0) is 49.6 Å². The monoisotopic (exact) mass is 315 g/mol. The van der Waals surface area contributed by atoms with Crippen molar-refractivity contribution in [2.75, 3.05) is 13.2 Å². The summed E-state index contributed by atoms with van der Waals surface area (Å²) in [5.74, 6) is 0. The smallest absolute Gasteiger partial charge is 0.0716 e. The van der Waals surface area contributed by atoms with Gasteiger partial charge in [0.05, 0.1) is 6.61 Å². The van der Waals surface area contributed by atoms with Gasteiger partial charge in [-0.25, -0.2) is 0 Å². The van der Waals surface area contributed by atoms with Gasteiger partial charge in [0.1, 0.15) is 0 Å². The first-order valence-electron chi connectivity index (χ1n) is 8.71. The molecule has 126 valence electrons. The zero-order valence-electron chi connectivity index (χ0n) is 14.1. The van der Waals surface area contributed by atoms with E-state index in [1.165, 1.54) is 24.8 Å². The Morgan fingerprint density at radius 2 is 1.61 bits per heavy atom. The Balaban J connectivity index is 1.80. The lowest BCUT2D eigenvalue weighted by molar-refractivity contribution is 0.117. The van der Waals surface area contributed by atoms with E-state index in [4.69, 9.17) is 10.3 Å². The second-order valence-electron chi connectivity index (χ2n) is 5.66. The number of allylic oxidation sites excluding steroid dienone is 2. The molecule has 1 aromatic carbocycles. The minimum Gasteiger partial charge on any atom is -0.377 e. The molecule has 0 fully saturated rings. The first-order chi connectivity index (χ1) is 11.4. The SMILES string of the molecule is [N-]=[N+]=NCCCCC/C=C\CCCCCOCc1ccccc1. The fourth-order valence-corrected chi connectivity index (χ4v) is 2.31. The minimum absolute atomic E-state index is 0.632. The second kappa shape index (κ2) is 15.1. The summed E-state index contributed by atoms with van der Waals surface area (Å²) in [7, 11) is 0. The predicted molar refractivity (Wildman–Crippen MR) is 96.2 cm³/mol. The van der Waals surface area contributed by atoms with Gasteiger partial charge in [-0.3, -0.25) is 0 Å². The molecule has 1 rings (SSSR count). The van der Waals surface area contributed by atoms with Gasteiger partial charge in [0.25, 0.3) is 0 Å². The molecule has 0 saturated carbocycles. The van der Waals surface area contributed by atoms with Crippen LogP contribution in [-0.4, -0.2) is 13.2 Å². The van der Waals surface area contributed by atoms with Crippen LogP contribution in [0, 0.1) is 0 Å². The fraction of sp³-hybridized carbons (Fsp3) is 0.579. The average molecular weight is 315 g/mol. The van der Waals surface area contributed by atoms with Crippen LogP contribution >= 0.6 is 0 Å². The van der Waals surface area contributed by atoms with E-state index >= 15 is 0 Å². The van der Waals surface area contributed by atoms with Crippen molar-refractivity contribution in [3.05, 3.63) is 58.5 Å². The summed E-state index contributed by atoms with van der Waals surface area (Å²) in [6.07, 6.45) is 13.8. The van der Waals surface area contributed by atoms with Gasteiger partial charge >= 0.3 is 0 Å². The number of hydrogen-bond donors (Lipinski definition) is 0. The van der Waals surface area contributed by atoms with E-state index in [9.17, 15) is 0 Å². The molecule has 0 atom stereocenters. The summed E-state index contributed by atoms with van der Waals surface area (Å²) >= 11 is 0. The van der Waals surface area contributed by atoms with E-state index < -0.39 is 0 Å². The topological polar surface area (TPSA) is 58.0 Å². The Hall–Kier alpha value is -1.77. The molecule has 0 bridgehead atoms. The molecule has 0 amide bonds. The summed E-state index contributed by atoms with van der Waals surface area (Å²) in [5, 5.41) is 3.53. The van der Waals surface area contributed by atoms with Crippen molar-refractivity contribution in [2.24, 2.45) is 5.11 Å². The van der Waals surface area contributed by atoms with E-state index in [1.807, 2.05) is 18.2 Å². The van der Waals surface area contributed by atoms with Crippen LogP contribution in [0.2, 0.25) is 0 Å². The Kier molecular flexibility index (Phi) is 12.7. The van der Waals surface area contributed by atoms with E-state index in [0.717, 1.165) is 45.3 Å². The molecule has 1 aromatic rings. The van der Waals surface area contributed by atoms with Crippen LogP contribution in [0.4, 0.5) is 0 Å². The molecule has 0 saturated heterocycles. The first-order valence-corrected chi connectivity index (χ1v) is 8.71. The van der Waals surface area contributed by atoms with Crippen LogP contribution in [0.5, 0.6) is 0 Å². The number of azide groups is 1. The zero-order chi connectivity index (χ0) is 16.4. The largest absolute Gasteiger partial charge is 0.377 e. The molecule has 0 aliphatic heterocycles. The fourth-order valence-electron chi connectivity index (χ4n) is 2.31. The molecule has 0 unspecified atom stereocenters. The summed E-state index contributed by atoms with van der Waals surface area (Å²) in [6, 6.07) is 10.3. The Morgan fingerprint density at radius 3 is 2.30 bits per heavy atom. The molecule has 0 radical (unpaired) electrons. The molecule has 0 aliphatic rings. The third kappa shape index (κ3) is 12.5. The quantitative estimate of drug-likeness (QED) is 0.133. The van der Waals surface area contributed by atoms with Gasteiger partial charge in [-0.1, -0.05) is 60.4 Å². The maximum absolute atomic E-state index is 8.15. The van der Waals surface area contributed by atoms with Crippen molar-refractivity contribution in [1.82, 2.24) is 0 Å². The van der Waals surface area contributed by atoms with Gasteiger partial charge in [0.15, 0.2) is 0 Å². The second-order valence-corrected chi connectivity index (χ2v) is 5.66. The lowest BCUT2D eigenvalue weighted by atomic mass is 10.1. The molecule has 23 heavy (non-hydrogen) atoms. The minimum atomic E-state index is 0.632. The highest BCUT2D eigenvalue weighted by Crippen LogP contribution is 2.06. The molecule has 0 aromatic heterocycles. The van der Waals surface area contributed by atoms with Crippen molar-refractivity contribution in [3.63, 3.8) is 0 Å². The standard InChI is InChI=1S/C19H29N3O/c20-22-21-16-12-7-5-3-1-2-4-6-8-13-17-23-18-19-14-10-9-11-15-19/h1-2,9-11,14-15H,3-8,12-13,16-18H2/b2-1-. The lowest BCUT2D eigenvalue weighted by Crippen LogP contribution is -1.95. The van der Waals surface area contributed by atoms with E-state index in [1.54, 1.807) is 0 Å². The molecular weight excluding hydrogens is 286 g/mol. The van der Waals surface area contributed by atoms with E-state index in [2.05, 4.69) is 34.3 Å². The van der Waals surface area contributed by atoms with Crippen molar-refractivity contribution >= 4 is 0 Å². The highest BCUT2D eigenvalue weighted by Gasteiger charge is 1.92. The average Bonchev–Trinajstić information content (AvgIpc) is 2.59. The van der Waals surface area contributed by atoms with Crippen LogP contribution in [-0.2, 0) is 11.3 Å². The number of nitrogens with zero attached hydrogens (tertiary/aromatic N) is 3. The van der Waals surface area contributed by atoms with Gasteiger partial charge < -0.3 is 4.74 Å². The third-order valence-corrected chi connectivity index (χ3v) is 3.63. The Bertz CT molecular complexity index is 453. The highest BCUT2D eigenvalue weighted by atomic mass is 16.5. The number of benzene rings is 1. The van der Waals surface area contributed by atoms with Crippen LogP contribution < -0.4 is 0 Å². The molecule has 4 nitrogen and oxygen atoms in total. The summed E-state index contributed by atoms with van der Waals surface area (Å²) in [6.45, 7) is 2.21. The van der Waals surface area contributed by atoms with Crippen molar-refractivity contribution < 1.29 is 4.74 Å². The number of ether oxygens (including phenoxy) is 1. The van der Waals surface area contributed by atoms with E-state index in [0.29, 0.717) is 6.54 Å². The van der Waals surface area contributed by atoms with Crippen LogP contribution in [0.3, 0.4) is 0 Å². The van der Waals surface area contributed by atoms with Crippen molar-refractivity contribution in [3.8, 4) is 0 Å². The van der Waals surface area contributed by atoms with Crippen molar-refractivity contribution in [1.29, 1.82) is 0 Å². The van der Waals surface area contributed by atoms with Gasteiger partial charge in [0, 0.05) is 18.1 Å². The predicted octanol–water partition coefficient (Wildman–Crippen LogP) is 6.19. The Morgan fingerprint density at radius 1 is 0.913 bits per heavy atom. The van der Waals surface area contributed by atoms with Gasteiger partial charge in [0.2, 0.25) is 0 Å². The Labute approximate surface area is 140 Å². The molecule has 0 spiro atoms. The molecule has 0 aliphatic carbocycles. The van der Waals surface area contributed by atoms with Crippen LogP contribution in [0.1, 0.15) is 56.9 Å². The number of rotatable bonds is 14. The number of unbranched alkanes of at least 4 members (excludes halogenated alkanes) is 6. The van der Waals surface area contributed by atoms with Gasteiger partial charge in [-0.2, -0.15) is 0 Å². The summed E-state index contributed by atoms with van der Waals surface area (Å²) in [5.41, 5.74) is 9.39. The zero-order valence-corrected chi connectivity index (χ0v) is 14.1. The normalized spacial score (nSPS) is 10.8. The summed E-state index contributed by atoms with van der Waals surface area (Å²) in [4.78, 5) is 2.75. The maximum atomic E-state index is 8.15. The lowest BCUT2D eigenvalue weighted by Gasteiger charge is -2.03. The third-order valence-electron chi connectivity index (χ3n) is 3.63. The first kappa shape index (κ1) is 19.3. The van der Waals surface area contributed by atoms with E-state index in [-0.39, 0.29) is 0 Å². The van der Waals surface area contributed by atoms with Crippen LogP contribution in [0.15, 0.2) is 47.6 Å². The molecule has 0 heterocycles. The van der Waals surface area contributed by atoms with Crippen molar-refractivity contribution in [2.45, 2.75) is 58.0 Å². The molecule has 4 heteroatoms. The maximum Gasteiger partial charge on any atom is 0.0716 e. The van der Waals surface area contributed by atoms with Crippen LogP contribution in [0.25, 0.3) is 10.4 Å². The molecular formula is C19H29N3O. The summed E-state index contributed by atoms with van der Waals surface area (Å²) < 4.78 is 5.67. The molecule has 0 N–H and O–H groups in total.